The number of carbonyl (C=O) groups excluding carboxylic acids is 1. The van der Waals surface area contributed by atoms with Gasteiger partial charge in [0.05, 0.1) is 12.2 Å². The van der Waals surface area contributed by atoms with Crippen LogP contribution in [0.1, 0.15) is 19.8 Å². The SMILES string of the molecule is CCC(=O)NCC(O)C(O)C(O)CCO. The minimum Gasteiger partial charge on any atom is -0.396 e. The summed E-state index contributed by atoms with van der Waals surface area (Å²) in [4.78, 5) is 10.8. The van der Waals surface area contributed by atoms with Crippen LogP contribution in [0.5, 0.6) is 0 Å². The van der Waals surface area contributed by atoms with Crippen LogP contribution in [-0.2, 0) is 4.79 Å². The van der Waals surface area contributed by atoms with Crippen LogP contribution < -0.4 is 5.32 Å². The number of aliphatic hydroxyl groups is 4. The van der Waals surface area contributed by atoms with Crippen molar-refractivity contribution in [2.75, 3.05) is 13.2 Å². The summed E-state index contributed by atoms with van der Waals surface area (Å²) in [7, 11) is 0. The lowest BCUT2D eigenvalue weighted by molar-refractivity contribution is -0.122. The predicted octanol–water partition coefficient (Wildman–Crippen LogP) is -2.02. The maximum absolute atomic E-state index is 10.8. The highest BCUT2D eigenvalue weighted by Gasteiger charge is 2.24. The van der Waals surface area contributed by atoms with Crippen LogP contribution >= 0.6 is 0 Å². The van der Waals surface area contributed by atoms with Crippen molar-refractivity contribution in [1.82, 2.24) is 5.32 Å². The monoisotopic (exact) mass is 221 g/mol. The fourth-order valence-corrected chi connectivity index (χ4v) is 1.02. The highest BCUT2D eigenvalue weighted by molar-refractivity contribution is 5.75. The number of carbonyl (C=O) groups is 1. The highest BCUT2D eigenvalue weighted by atomic mass is 16.4. The molecule has 6 nitrogen and oxygen atoms in total. The third-order valence-corrected chi connectivity index (χ3v) is 2.04. The van der Waals surface area contributed by atoms with Gasteiger partial charge in [-0.3, -0.25) is 4.79 Å². The highest BCUT2D eigenvalue weighted by Crippen LogP contribution is 2.03. The van der Waals surface area contributed by atoms with Gasteiger partial charge in [0, 0.05) is 19.6 Å². The molecule has 1 amide bonds. The first-order chi connectivity index (χ1) is 7.02. The Balaban J connectivity index is 3.87. The Kier molecular flexibility index (Phi) is 7.23. The van der Waals surface area contributed by atoms with Gasteiger partial charge < -0.3 is 25.7 Å². The van der Waals surface area contributed by atoms with E-state index >= 15 is 0 Å². The summed E-state index contributed by atoms with van der Waals surface area (Å²) >= 11 is 0. The van der Waals surface area contributed by atoms with Gasteiger partial charge in [0.25, 0.3) is 0 Å². The molecule has 0 aliphatic heterocycles. The number of hydrogen-bond acceptors (Lipinski definition) is 5. The first kappa shape index (κ1) is 14.3. The molecule has 0 heterocycles. The molecule has 0 rings (SSSR count). The zero-order valence-corrected chi connectivity index (χ0v) is 8.76. The van der Waals surface area contributed by atoms with Crippen LogP contribution in [-0.4, -0.2) is 57.8 Å². The third kappa shape index (κ3) is 5.68. The summed E-state index contributed by atoms with van der Waals surface area (Å²) in [5.74, 6) is -0.238. The molecular formula is C9H19NO5. The Morgan fingerprint density at radius 3 is 2.33 bits per heavy atom. The molecule has 0 saturated carbocycles. The van der Waals surface area contributed by atoms with Gasteiger partial charge in [-0.2, -0.15) is 0 Å². The molecular weight excluding hydrogens is 202 g/mol. The van der Waals surface area contributed by atoms with Gasteiger partial charge in [-0.15, -0.1) is 0 Å². The number of hydrogen-bond donors (Lipinski definition) is 5. The first-order valence-corrected chi connectivity index (χ1v) is 4.94. The van der Waals surface area contributed by atoms with Crippen LogP contribution in [0.2, 0.25) is 0 Å². The summed E-state index contributed by atoms with van der Waals surface area (Å²) < 4.78 is 0. The van der Waals surface area contributed by atoms with E-state index in [0.29, 0.717) is 6.42 Å². The average molecular weight is 221 g/mol. The van der Waals surface area contributed by atoms with Gasteiger partial charge in [-0.1, -0.05) is 6.92 Å². The van der Waals surface area contributed by atoms with Crippen molar-refractivity contribution in [3.63, 3.8) is 0 Å². The smallest absolute Gasteiger partial charge is 0.219 e. The summed E-state index contributed by atoms with van der Waals surface area (Å²) in [5, 5.41) is 38.8. The zero-order chi connectivity index (χ0) is 11.8. The molecule has 0 aromatic rings. The van der Waals surface area contributed by atoms with E-state index in [0.717, 1.165) is 0 Å². The minimum atomic E-state index is -1.37. The second kappa shape index (κ2) is 7.58. The van der Waals surface area contributed by atoms with Crippen molar-refractivity contribution in [1.29, 1.82) is 0 Å². The van der Waals surface area contributed by atoms with Crippen LogP contribution in [0.15, 0.2) is 0 Å². The average Bonchev–Trinajstić information content (AvgIpc) is 2.24. The van der Waals surface area contributed by atoms with E-state index in [-0.39, 0.29) is 25.5 Å². The largest absolute Gasteiger partial charge is 0.396 e. The van der Waals surface area contributed by atoms with Gasteiger partial charge in [0.2, 0.25) is 5.91 Å². The van der Waals surface area contributed by atoms with Crippen LogP contribution in [0.4, 0.5) is 0 Å². The summed E-state index contributed by atoms with van der Waals surface area (Å²) in [6.45, 7) is 1.28. The van der Waals surface area contributed by atoms with Crippen molar-refractivity contribution in [3.05, 3.63) is 0 Å². The molecule has 0 aromatic carbocycles. The minimum absolute atomic E-state index is 0.0139. The third-order valence-electron chi connectivity index (χ3n) is 2.04. The normalized spacial score (nSPS) is 16.9. The quantitative estimate of drug-likeness (QED) is 0.341. The number of rotatable bonds is 7. The topological polar surface area (TPSA) is 110 Å². The molecule has 0 spiro atoms. The van der Waals surface area contributed by atoms with Gasteiger partial charge in [-0.05, 0) is 6.42 Å². The molecule has 0 aromatic heterocycles. The Labute approximate surface area is 88.5 Å². The van der Waals surface area contributed by atoms with Crippen molar-refractivity contribution in [2.24, 2.45) is 0 Å². The second-order valence-corrected chi connectivity index (χ2v) is 3.30. The van der Waals surface area contributed by atoms with Gasteiger partial charge in [0.15, 0.2) is 0 Å². The molecule has 0 aliphatic rings. The zero-order valence-electron chi connectivity index (χ0n) is 8.76. The fourth-order valence-electron chi connectivity index (χ4n) is 1.02. The molecule has 90 valence electrons. The van der Waals surface area contributed by atoms with Gasteiger partial charge >= 0.3 is 0 Å². The molecule has 0 fully saturated rings. The van der Waals surface area contributed by atoms with E-state index < -0.39 is 18.3 Å². The summed E-state index contributed by atoms with van der Waals surface area (Å²) in [6, 6.07) is 0. The van der Waals surface area contributed by atoms with Crippen LogP contribution in [0, 0.1) is 0 Å². The first-order valence-electron chi connectivity index (χ1n) is 4.94. The Hall–Kier alpha value is -0.690. The van der Waals surface area contributed by atoms with Gasteiger partial charge in [-0.25, -0.2) is 0 Å². The lowest BCUT2D eigenvalue weighted by Crippen LogP contribution is -2.44. The second-order valence-electron chi connectivity index (χ2n) is 3.30. The molecule has 0 bridgehead atoms. The van der Waals surface area contributed by atoms with Gasteiger partial charge in [0.1, 0.15) is 6.10 Å². The number of aliphatic hydroxyl groups excluding tert-OH is 4. The predicted molar refractivity (Wildman–Crippen MR) is 53.0 cm³/mol. The van der Waals surface area contributed by atoms with E-state index in [1.54, 1.807) is 6.92 Å². The lowest BCUT2D eigenvalue weighted by Gasteiger charge is -2.22. The van der Waals surface area contributed by atoms with Crippen molar-refractivity contribution in [2.45, 2.75) is 38.1 Å². The maximum atomic E-state index is 10.8. The molecule has 5 N–H and O–H groups in total. The molecule has 15 heavy (non-hydrogen) atoms. The standard InChI is InChI=1S/C9H19NO5/c1-2-8(14)10-5-7(13)9(15)6(12)3-4-11/h6-7,9,11-13,15H,2-5H2,1H3,(H,10,14). The number of nitrogens with one attached hydrogen (secondary N) is 1. The molecule has 3 unspecified atom stereocenters. The number of amides is 1. The van der Waals surface area contributed by atoms with E-state index in [1.807, 2.05) is 0 Å². The molecule has 0 radical (unpaired) electrons. The fraction of sp³-hybridized carbons (Fsp3) is 0.889. The Bertz CT molecular complexity index is 187. The van der Waals surface area contributed by atoms with E-state index in [1.165, 1.54) is 0 Å². The van der Waals surface area contributed by atoms with E-state index in [9.17, 15) is 20.1 Å². The van der Waals surface area contributed by atoms with Crippen molar-refractivity contribution < 1.29 is 25.2 Å². The summed E-state index contributed by atoms with van der Waals surface area (Å²) in [5.41, 5.74) is 0. The Morgan fingerprint density at radius 2 is 1.87 bits per heavy atom. The summed E-state index contributed by atoms with van der Waals surface area (Å²) in [6.07, 6.45) is -3.51. The van der Waals surface area contributed by atoms with Crippen LogP contribution in [0.25, 0.3) is 0 Å². The molecule has 6 heteroatoms. The van der Waals surface area contributed by atoms with Crippen molar-refractivity contribution >= 4 is 5.91 Å². The van der Waals surface area contributed by atoms with E-state index in [2.05, 4.69) is 5.32 Å². The molecule has 0 saturated heterocycles. The Morgan fingerprint density at radius 1 is 1.27 bits per heavy atom. The van der Waals surface area contributed by atoms with Crippen LogP contribution in [0.3, 0.4) is 0 Å². The maximum Gasteiger partial charge on any atom is 0.219 e. The van der Waals surface area contributed by atoms with Crippen molar-refractivity contribution in [3.8, 4) is 0 Å². The lowest BCUT2D eigenvalue weighted by atomic mass is 10.1. The molecule has 3 atom stereocenters. The van der Waals surface area contributed by atoms with E-state index in [4.69, 9.17) is 5.11 Å². The molecule has 0 aliphatic carbocycles.